The van der Waals surface area contributed by atoms with E-state index in [2.05, 4.69) is 19.2 Å². The summed E-state index contributed by atoms with van der Waals surface area (Å²) in [6.45, 7) is 5.83. The summed E-state index contributed by atoms with van der Waals surface area (Å²) in [6, 6.07) is 14.4. The molecule has 1 fully saturated rings. The first-order valence-corrected chi connectivity index (χ1v) is 12.3. The van der Waals surface area contributed by atoms with E-state index in [1.807, 2.05) is 17.0 Å². The van der Waals surface area contributed by atoms with Gasteiger partial charge in [0.15, 0.2) is 0 Å². The second-order valence-electron chi connectivity index (χ2n) is 9.09. The van der Waals surface area contributed by atoms with Crippen LogP contribution in [0.25, 0.3) is 0 Å². The summed E-state index contributed by atoms with van der Waals surface area (Å²) >= 11 is 6.29. The second kappa shape index (κ2) is 10.4. The first-order valence-electron chi connectivity index (χ1n) is 11.9. The number of carbonyl (C=O) groups is 3. The predicted octanol–water partition coefficient (Wildman–Crippen LogP) is 5.34. The van der Waals surface area contributed by atoms with Gasteiger partial charge < -0.3 is 10.2 Å². The molecule has 2 aliphatic heterocycles. The number of carbonyl (C=O) groups excluding carboxylic acids is 3. The molecule has 2 heterocycles. The largest absolute Gasteiger partial charge is 0.350 e. The van der Waals surface area contributed by atoms with Crippen LogP contribution in [0.2, 0.25) is 0 Å². The van der Waals surface area contributed by atoms with Crippen LogP contribution >= 0.6 is 11.6 Å². The molecule has 0 bridgehead atoms. The Morgan fingerprint density at radius 2 is 1.76 bits per heavy atom. The Balaban J connectivity index is 1.48. The van der Waals surface area contributed by atoms with Crippen LogP contribution in [0.4, 0.5) is 11.4 Å². The van der Waals surface area contributed by atoms with Crippen LogP contribution in [0.15, 0.2) is 59.3 Å². The van der Waals surface area contributed by atoms with Gasteiger partial charge in [-0.2, -0.15) is 0 Å². The fraction of sp³-hybridized carbons (Fsp3) is 0.370. The Labute approximate surface area is 205 Å². The Kier molecular flexibility index (Phi) is 7.37. The number of aryl methyl sites for hydroxylation is 1. The van der Waals surface area contributed by atoms with Crippen LogP contribution < -0.4 is 10.2 Å². The van der Waals surface area contributed by atoms with Gasteiger partial charge in [-0.1, -0.05) is 50.1 Å². The minimum absolute atomic E-state index is 0.0122. The standard InChI is InChI=1S/C27H30ClN3O3/c1-3-4-6-19-9-11-22(12-10-19)31-26(33)23(28)24(27(31)34)29-21-8-5-7-20(17-21)25(32)30-15-13-18(2)14-16-30/h5,7-12,17-18,29H,3-4,6,13-16H2,1-2H3. The van der Waals surface area contributed by atoms with Gasteiger partial charge >= 0.3 is 0 Å². The summed E-state index contributed by atoms with van der Waals surface area (Å²) in [4.78, 5) is 41.8. The SMILES string of the molecule is CCCCc1ccc(N2C(=O)C(Cl)=C(Nc3cccc(C(=O)N4CCC(C)CC4)c3)C2=O)cc1. The first kappa shape index (κ1) is 24.0. The molecule has 178 valence electrons. The summed E-state index contributed by atoms with van der Waals surface area (Å²) in [5.74, 6) is -0.482. The number of likely N-dealkylation sites (tertiary alicyclic amines) is 1. The fourth-order valence-corrected chi connectivity index (χ4v) is 4.52. The normalized spacial score (nSPS) is 17.0. The minimum atomic E-state index is -0.565. The summed E-state index contributed by atoms with van der Waals surface area (Å²) in [7, 11) is 0. The van der Waals surface area contributed by atoms with E-state index in [0.29, 0.717) is 22.9 Å². The van der Waals surface area contributed by atoms with Crippen molar-refractivity contribution < 1.29 is 14.4 Å². The molecular formula is C27H30ClN3O3. The lowest BCUT2D eigenvalue weighted by Gasteiger charge is -2.30. The van der Waals surface area contributed by atoms with Crippen molar-refractivity contribution in [3.05, 3.63) is 70.4 Å². The van der Waals surface area contributed by atoms with Crippen molar-refractivity contribution in [3.63, 3.8) is 0 Å². The molecule has 0 aliphatic carbocycles. The van der Waals surface area contributed by atoms with Crippen molar-refractivity contribution in [1.82, 2.24) is 4.90 Å². The zero-order valence-corrected chi connectivity index (χ0v) is 20.4. The molecule has 6 nitrogen and oxygen atoms in total. The van der Waals surface area contributed by atoms with Crippen LogP contribution in [-0.4, -0.2) is 35.7 Å². The van der Waals surface area contributed by atoms with Crippen molar-refractivity contribution in [2.24, 2.45) is 5.92 Å². The molecule has 0 unspecified atom stereocenters. The Hall–Kier alpha value is -3.12. The number of anilines is 2. The van der Waals surface area contributed by atoms with Gasteiger partial charge in [-0.05, 0) is 67.5 Å². The summed E-state index contributed by atoms with van der Waals surface area (Å²) in [5.41, 5.74) is 2.72. The van der Waals surface area contributed by atoms with Crippen LogP contribution in [0.1, 0.15) is 55.5 Å². The number of benzene rings is 2. The summed E-state index contributed by atoms with van der Waals surface area (Å²) in [5, 5.41) is 2.82. The second-order valence-corrected chi connectivity index (χ2v) is 9.46. The van der Waals surface area contributed by atoms with E-state index < -0.39 is 11.8 Å². The number of hydrogen-bond donors (Lipinski definition) is 1. The molecule has 2 aromatic rings. The quantitative estimate of drug-likeness (QED) is 0.544. The van der Waals surface area contributed by atoms with Crippen molar-refractivity contribution in [2.45, 2.75) is 46.0 Å². The Morgan fingerprint density at radius 3 is 2.44 bits per heavy atom. The van der Waals surface area contributed by atoms with Gasteiger partial charge in [-0.15, -0.1) is 0 Å². The fourth-order valence-electron chi connectivity index (χ4n) is 4.31. The molecule has 3 amide bonds. The van der Waals surface area contributed by atoms with Gasteiger partial charge in [-0.3, -0.25) is 14.4 Å². The number of nitrogens with one attached hydrogen (secondary N) is 1. The van der Waals surface area contributed by atoms with E-state index in [9.17, 15) is 14.4 Å². The van der Waals surface area contributed by atoms with Crippen LogP contribution in [-0.2, 0) is 16.0 Å². The van der Waals surface area contributed by atoms with Crippen LogP contribution in [0.5, 0.6) is 0 Å². The molecule has 0 aromatic heterocycles. The first-order chi connectivity index (χ1) is 16.4. The maximum Gasteiger partial charge on any atom is 0.283 e. The lowest BCUT2D eigenvalue weighted by Crippen LogP contribution is -2.37. The van der Waals surface area contributed by atoms with Crippen molar-refractivity contribution in [2.75, 3.05) is 23.3 Å². The molecule has 0 radical (unpaired) electrons. The summed E-state index contributed by atoms with van der Waals surface area (Å²) in [6.07, 6.45) is 5.14. The number of halogens is 1. The highest BCUT2D eigenvalue weighted by molar-refractivity contribution is 6.53. The summed E-state index contributed by atoms with van der Waals surface area (Å²) < 4.78 is 0. The third-order valence-electron chi connectivity index (χ3n) is 6.49. The number of rotatable bonds is 7. The van der Waals surface area contributed by atoms with E-state index >= 15 is 0 Å². The van der Waals surface area contributed by atoms with E-state index in [1.54, 1.807) is 36.4 Å². The van der Waals surface area contributed by atoms with E-state index in [4.69, 9.17) is 11.6 Å². The molecule has 1 N–H and O–H groups in total. The molecule has 4 rings (SSSR count). The van der Waals surface area contributed by atoms with Crippen LogP contribution in [0.3, 0.4) is 0 Å². The molecule has 1 saturated heterocycles. The average molecular weight is 480 g/mol. The molecule has 0 spiro atoms. The van der Waals surface area contributed by atoms with Gasteiger partial charge in [0.25, 0.3) is 17.7 Å². The van der Waals surface area contributed by atoms with Gasteiger partial charge in [0, 0.05) is 24.3 Å². The Bertz CT molecular complexity index is 1120. The highest BCUT2D eigenvalue weighted by atomic mass is 35.5. The highest BCUT2D eigenvalue weighted by Gasteiger charge is 2.39. The highest BCUT2D eigenvalue weighted by Crippen LogP contribution is 2.31. The number of piperidine rings is 1. The lowest BCUT2D eigenvalue weighted by atomic mass is 9.98. The average Bonchev–Trinajstić information content (AvgIpc) is 3.06. The lowest BCUT2D eigenvalue weighted by molar-refractivity contribution is -0.120. The maximum atomic E-state index is 13.1. The molecule has 2 aromatic carbocycles. The third kappa shape index (κ3) is 5.02. The molecule has 7 heteroatoms. The number of imide groups is 1. The van der Waals surface area contributed by atoms with E-state index in [1.165, 1.54) is 0 Å². The molecule has 2 aliphatic rings. The zero-order chi connectivity index (χ0) is 24.2. The van der Waals surface area contributed by atoms with Crippen LogP contribution in [0, 0.1) is 5.92 Å². The monoisotopic (exact) mass is 479 g/mol. The maximum absolute atomic E-state index is 13.1. The number of nitrogens with zero attached hydrogens (tertiary/aromatic N) is 2. The van der Waals surface area contributed by atoms with E-state index in [-0.39, 0.29) is 16.6 Å². The topological polar surface area (TPSA) is 69.7 Å². The van der Waals surface area contributed by atoms with Crippen molar-refractivity contribution >= 4 is 40.7 Å². The molecule has 34 heavy (non-hydrogen) atoms. The van der Waals surface area contributed by atoms with E-state index in [0.717, 1.165) is 55.7 Å². The van der Waals surface area contributed by atoms with Gasteiger partial charge in [-0.25, -0.2) is 4.90 Å². The molecule has 0 saturated carbocycles. The smallest absolute Gasteiger partial charge is 0.283 e. The van der Waals surface area contributed by atoms with Gasteiger partial charge in [0.2, 0.25) is 0 Å². The Morgan fingerprint density at radius 1 is 1.06 bits per heavy atom. The minimum Gasteiger partial charge on any atom is -0.350 e. The van der Waals surface area contributed by atoms with Gasteiger partial charge in [0.05, 0.1) is 5.69 Å². The predicted molar refractivity (Wildman–Crippen MR) is 135 cm³/mol. The number of amides is 3. The number of hydrogen-bond acceptors (Lipinski definition) is 4. The molecular weight excluding hydrogens is 450 g/mol. The molecule has 0 atom stereocenters. The zero-order valence-electron chi connectivity index (χ0n) is 19.6. The third-order valence-corrected chi connectivity index (χ3v) is 6.84. The van der Waals surface area contributed by atoms with Crippen molar-refractivity contribution in [1.29, 1.82) is 0 Å². The number of unbranched alkanes of at least 4 members (excludes halogenated alkanes) is 1. The van der Waals surface area contributed by atoms with Crippen molar-refractivity contribution in [3.8, 4) is 0 Å². The van der Waals surface area contributed by atoms with Gasteiger partial charge in [0.1, 0.15) is 10.7 Å².